The second-order valence-electron chi connectivity index (χ2n) is 3.76. The lowest BCUT2D eigenvalue weighted by Crippen LogP contribution is -2.50. The molecule has 1 aliphatic heterocycles. The Kier molecular flexibility index (Phi) is 4.53. The Balaban J connectivity index is 0.00000128. The molecule has 5 heteroatoms. The Morgan fingerprint density at radius 1 is 1.56 bits per heavy atom. The number of anilines is 1. The molecule has 0 radical (unpaired) electrons. The summed E-state index contributed by atoms with van der Waals surface area (Å²) in [6, 6.07) is 6.27. The molecular formula is C11H15ClN4. The van der Waals surface area contributed by atoms with Gasteiger partial charge in [0.05, 0.1) is 5.56 Å². The summed E-state index contributed by atoms with van der Waals surface area (Å²) in [5, 5.41) is 12.0. The average Bonchev–Trinajstić information content (AvgIpc) is 2.30. The number of aromatic nitrogens is 1. The summed E-state index contributed by atoms with van der Waals surface area (Å²) in [6.45, 7) is 5.12. The fraction of sp³-hybridized carbons (Fsp3) is 0.455. The lowest BCUT2D eigenvalue weighted by atomic mass is 10.2. The van der Waals surface area contributed by atoms with Gasteiger partial charge in [-0.15, -0.1) is 12.4 Å². The summed E-state index contributed by atoms with van der Waals surface area (Å²) < 4.78 is 0. The van der Waals surface area contributed by atoms with E-state index in [2.05, 4.69) is 28.2 Å². The van der Waals surface area contributed by atoms with Gasteiger partial charge in [-0.1, -0.05) is 0 Å². The summed E-state index contributed by atoms with van der Waals surface area (Å²) in [4.78, 5) is 6.56. The second kappa shape index (κ2) is 5.69. The van der Waals surface area contributed by atoms with Crippen LogP contribution in [0.25, 0.3) is 0 Å². The van der Waals surface area contributed by atoms with Gasteiger partial charge in [-0.05, 0) is 19.1 Å². The molecule has 0 aliphatic carbocycles. The number of nitriles is 1. The third kappa shape index (κ3) is 2.63. The van der Waals surface area contributed by atoms with Crippen molar-refractivity contribution in [1.29, 1.82) is 5.26 Å². The number of nitrogens with zero attached hydrogens (tertiary/aromatic N) is 3. The lowest BCUT2D eigenvalue weighted by Gasteiger charge is -2.34. The SMILES string of the molecule is CC1CNCCN1c1ccc(C#N)cn1.Cl. The van der Waals surface area contributed by atoms with Crippen LogP contribution in [-0.4, -0.2) is 30.7 Å². The Labute approximate surface area is 102 Å². The van der Waals surface area contributed by atoms with Crippen LogP contribution in [0.5, 0.6) is 0 Å². The predicted molar refractivity (Wildman–Crippen MR) is 65.9 cm³/mol. The van der Waals surface area contributed by atoms with Crippen molar-refractivity contribution in [2.75, 3.05) is 24.5 Å². The van der Waals surface area contributed by atoms with Crippen LogP contribution in [0, 0.1) is 11.3 Å². The zero-order valence-electron chi connectivity index (χ0n) is 9.18. The van der Waals surface area contributed by atoms with Gasteiger partial charge in [0.15, 0.2) is 0 Å². The van der Waals surface area contributed by atoms with Gasteiger partial charge in [-0.2, -0.15) is 5.26 Å². The fourth-order valence-electron chi connectivity index (χ4n) is 1.80. The van der Waals surface area contributed by atoms with Crippen molar-refractivity contribution in [2.24, 2.45) is 0 Å². The van der Waals surface area contributed by atoms with Gasteiger partial charge >= 0.3 is 0 Å². The van der Waals surface area contributed by atoms with Crippen molar-refractivity contribution in [3.8, 4) is 6.07 Å². The van der Waals surface area contributed by atoms with E-state index < -0.39 is 0 Å². The highest BCUT2D eigenvalue weighted by Gasteiger charge is 2.18. The summed E-state index contributed by atoms with van der Waals surface area (Å²) in [7, 11) is 0. The zero-order valence-corrected chi connectivity index (χ0v) is 10.00. The first-order valence-corrected chi connectivity index (χ1v) is 5.15. The molecule has 16 heavy (non-hydrogen) atoms. The molecule has 0 bridgehead atoms. The molecule has 1 aliphatic rings. The third-order valence-corrected chi connectivity index (χ3v) is 2.67. The molecule has 1 aromatic rings. The Bertz CT molecular complexity index is 371. The van der Waals surface area contributed by atoms with E-state index in [0.717, 1.165) is 25.5 Å². The molecule has 2 heterocycles. The van der Waals surface area contributed by atoms with E-state index in [-0.39, 0.29) is 12.4 Å². The van der Waals surface area contributed by atoms with E-state index in [1.165, 1.54) is 0 Å². The van der Waals surface area contributed by atoms with Crippen LogP contribution in [0.4, 0.5) is 5.82 Å². The van der Waals surface area contributed by atoms with E-state index in [4.69, 9.17) is 5.26 Å². The highest BCUT2D eigenvalue weighted by molar-refractivity contribution is 5.85. The molecule has 0 amide bonds. The maximum atomic E-state index is 8.68. The lowest BCUT2D eigenvalue weighted by molar-refractivity contribution is 0.497. The van der Waals surface area contributed by atoms with Crippen molar-refractivity contribution in [2.45, 2.75) is 13.0 Å². The van der Waals surface area contributed by atoms with Crippen molar-refractivity contribution in [1.82, 2.24) is 10.3 Å². The molecule has 1 unspecified atom stereocenters. The minimum atomic E-state index is 0. The van der Waals surface area contributed by atoms with E-state index in [1.807, 2.05) is 12.1 Å². The summed E-state index contributed by atoms with van der Waals surface area (Å²) in [5.74, 6) is 0.961. The van der Waals surface area contributed by atoms with Crippen molar-refractivity contribution in [3.05, 3.63) is 23.9 Å². The van der Waals surface area contributed by atoms with E-state index in [1.54, 1.807) is 6.20 Å². The number of rotatable bonds is 1. The van der Waals surface area contributed by atoms with Crippen LogP contribution in [-0.2, 0) is 0 Å². The van der Waals surface area contributed by atoms with Crippen LogP contribution in [0.2, 0.25) is 0 Å². The first-order chi connectivity index (χ1) is 7.31. The molecule has 1 saturated heterocycles. The van der Waals surface area contributed by atoms with Crippen LogP contribution < -0.4 is 10.2 Å². The van der Waals surface area contributed by atoms with Crippen LogP contribution >= 0.6 is 12.4 Å². The number of piperazine rings is 1. The maximum absolute atomic E-state index is 8.68. The normalized spacial score (nSPS) is 19.8. The van der Waals surface area contributed by atoms with Crippen molar-refractivity contribution in [3.63, 3.8) is 0 Å². The zero-order chi connectivity index (χ0) is 10.7. The Hall–Kier alpha value is -1.31. The first-order valence-electron chi connectivity index (χ1n) is 5.15. The Morgan fingerprint density at radius 3 is 2.94 bits per heavy atom. The van der Waals surface area contributed by atoms with E-state index in [9.17, 15) is 0 Å². The molecule has 1 fully saturated rings. The molecule has 2 rings (SSSR count). The number of pyridine rings is 1. The van der Waals surface area contributed by atoms with Gasteiger partial charge in [0, 0.05) is 31.9 Å². The Morgan fingerprint density at radius 2 is 2.38 bits per heavy atom. The molecule has 1 aromatic heterocycles. The highest BCUT2D eigenvalue weighted by Crippen LogP contribution is 2.15. The summed E-state index contributed by atoms with van der Waals surface area (Å²) in [6.07, 6.45) is 1.63. The monoisotopic (exact) mass is 238 g/mol. The summed E-state index contributed by atoms with van der Waals surface area (Å²) >= 11 is 0. The topological polar surface area (TPSA) is 52.0 Å². The largest absolute Gasteiger partial charge is 0.351 e. The quantitative estimate of drug-likeness (QED) is 0.798. The van der Waals surface area contributed by atoms with Gasteiger partial charge in [-0.3, -0.25) is 0 Å². The van der Waals surface area contributed by atoms with E-state index >= 15 is 0 Å². The molecular weight excluding hydrogens is 224 g/mol. The third-order valence-electron chi connectivity index (χ3n) is 2.67. The standard InChI is InChI=1S/C11H14N4.ClH/c1-9-7-13-4-5-15(9)11-3-2-10(6-12)8-14-11;/h2-3,8-9,13H,4-5,7H2,1H3;1H. The van der Waals surface area contributed by atoms with Crippen LogP contribution in [0.3, 0.4) is 0 Å². The van der Waals surface area contributed by atoms with Crippen molar-refractivity contribution >= 4 is 18.2 Å². The van der Waals surface area contributed by atoms with Crippen LogP contribution in [0.15, 0.2) is 18.3 Å². The first kappa shape index (κ1) is 12.8. The molecule has 0 aromatic carbocycles. The molecule has 1 atom stereocenters. The number of hydrogen-bond donors (Lipinski definition) is 1. The minimum absolute atomic E-state index is 0. The number of hydrogen-bond acceptors (Lipinski definition) is 4. The average molecular weight is 239 g/mol. The smallest absolute Gasteiger partial charge is 0.128 e. The predicted octanol–water partition coefficient (Wildman–Crippen LogP) is 1.17. The molecule has 0 spiro atoms. The minimum Gasteiger partial charge on any atom is -0.351 e. The fourth-order valence-corrected chi connectivity index (χ4v) is 1.80. The molecule has 1 N–H and O–H groups in total. The summed E-state index contributed by atoms with van der Waals surface area (Å²) in [5.41, 5.74) is 0.613. The van der Waals surface area contributed by atoms with Gasteiger partial charge in [-0.25, -0.2) is 4.98 Å². The van der Waals surface area contributed by atoms with Crippen LogP contribution in [0.1, 0.15) is 12.5 Å². The van der Waals surface area contributed by atoms with Crippen molar-refractivity contribution < 1.29 is 0 Å². The molecule has 0 saturated carbocycles. The van der Waals surface area contributed by atoms with Gasteiger partial charge < -0.3 is 10.2 Å². The molecule has 4 nitrogen and oxygen atoms in total. The highest BCUT2D eigenvalue weighted by atomic mass is 35.5. The van der Waals surface area contributed by atoms with E-state index in [0.29, 0.717) is 11.6 Å². The van der Waals surface area contributed by atoms with Gasteiger partial charge in [0.2, 0.25) is 0 Å². The van der Waals surface area contributed by atoms with Gasteiger partial charge in [0.1, 0.15) is 11.9 Å². The molecule has 86 valence electrons. The second-order valence-corrected chi connectivity index (χ2v) is 3.76. The van der Waals surface area contributed by atoms with Gasteiger partial charge in [0.25, 0.3) is 0 Å². The maximum Gasteiger partial charge on any atom is 0.128 e. The number of nitrogens with one attached hydrogen (secondary N) is 1. The number of halogens is 1.